The number of nitrogens with zero attached hydrogens (tertiary/aromatic N) is 2. The molecule has 1 fully saturated rings. The summed E-state index contributed by atoms with van der Waals surface area (Å²) in [4.78, 5) is 53.5. The molecule has 7 heteroatoms. The number of hydrogen-bond acceptors (Lipinski definition) is 5. The molecule has 2 aromatic rings. The van der Waals surface area contributed by atoms with Crippen LogP contribution in [0.15, 0.2) is 42.5 Å². The van der Waals surface area contributed by atoms with Gasteiger partial charge in [-0.1, -0.05) is 30.2 Å². The lowest BCUT2D eigenvalue weighted by molar-refractivity contribution is -0.134. The van der Waals surface area contributed by atoms with Gasteiger partial charge in [0.1, 0.15) is 11.4 Å². The van der Waals surface area contributed by atoms with E-state index in [2.05, 4.69) is 0 Å². The van der Waals surface area contributed by atoms with E-state index < -0.39 is 5.60 Å². The predicted molar refractivity (Wildman–Crippen MR) is 130 cm³/mol. The highest BCUT2D eigenvalue weighted by molar-refractivity contribution is 6.21. The number of ketones is 1. The van der Waals surface area contributed by atoms with E-state index in [0.717, 1.165) is 12.0 Å². The lowest BCUT2D eigenvalue weighted by Gasteiger charge is -2.44. The second kappa shape index (κ2) is 9.29. The van der Waals surface area contributed by atoms with E-state index in [1.807, 2.05) is 30.0 Å². The van der Waals surface area contributed by atoms with Crippen LogP contribution >= 0.6 is 0 Å². The highest BCUT2D eigenvalue weighted by Gasteiger charge is 2.43. The number of imide groups is 1. The first-order chi connectivity index (χ1) is 16.9. The lowest BCUT2D eigenvalue weighted by atomic mass is 9.82. The third-order valence-corrected chi connectivity index (χ3v) is 7.42. The zero-order valence-corrected chi connectivity index (χ0v) is 20.0. The SMILES string of the molecule is Cc1ccc2c(c1)C(=O)CC1(CCN(C(=O)CCCCCN3C(=O)c4ccccc4C3=O)CC1)O2. The molecule has 2 aromatic carbocycles. The highest BCUT2D eigenvalue weighted by Crippen LogP contribution is 2.39. The number of fused-ring (bicyclic) bond motifs is 2. The van der Waals surface area contributed by atoms with Crippen LogP contribution in [0.2, 0.25) is 0 Å². The molecule has 0 bridgehead atoms. The molecule has 3 aliphatic heterocycles. The molecule has 0 atom stereocenters. The van der Waals surface area contributed by atoms with E-state index in [1.54, 1.807) is 24.3 Å². The number of rotatable bonds is 6. The Bertz CT molecular complexity index is 1160. The van der Waals surface area contributed by atoms with Crippen molar-refractivity contribution in [2.45, 2.75) is 57.5 Å². The second-order valence-corrected chi connectivity index (χ2v) is 9.88. The monoisotopic (exact) mass is 474 g/mol. The van der Waals surface area contributed by atoms with Crippen LogP contribution in [0.25, 0.3) is 0 Å². The molecule has 1 spiro atoms. The van der Waals surface area contributed by atoms with Crippen LogP contribution in [0.3, 0.4) is 0 Å². The number of carbonyl (C=O) groups is 4. The van der Waals surface area contributed by atoms with Crippen LogP contribution < -0.4 is 4.74 Å². The number of Topliss-reactive ketones (excluding diaryl/α,β-unsaturated/α-hetero) is 1. The van der Waals surface area contributed by atoms with E-state index >= 15 is 0 Å². The van der Waals surface area contributed by atoms with Crippen molar-refractivity contribution < 1.29 is 23.9 Å². The third kappa shape index (κ3) is 4.47. The number of likely N-dealkylation sites (tertiary alicyclic amines) is 1. The molecule has 7 nitrogen and oxygen atoms in total. The fraction of sp³-hybridized carbons (Fsp3) is 0.429. The van der Waals surface area contributed by atoms with Gasteiger partial charge in [0, 0.05) is 38.9 Å². The van der Waals surface area contributed by atoms with Gasteiger partial charge in [-0.2, -0.15) is 0 Å². The molecule has 3 amide bonds. The molecular formula is C28H30N2O5. The molecule has 0 aromatic heterocycles. The lowest BCUT2D eigenvalue weighted by Crippen LogP contribution is -2.52. The van der Waals surface area contributed by atoms with Gasteiger partial charge in [0.05, 0.1) is 23.1 Å². The summed E-state index contributed by atoms with van der Waals surface area (Å²) in [5.74, 6) is 0.423. The number of amides is 3. The van der Waals surface area contributed by atoms with E-state index in [-0.39, 0.29) is 23.5 Å². The van der Waals surface area contributed by atoms with Crippen LogP contribution in [0.4, 0.5) is 0 Å². The Morgan fingerprint density at radius 3 is 2.29 bits per heavy atom. The summed E-state index contributed by atoms with van der Waals surface area (Å²) in [7, 11) is 0. The molecule has 182 valence electrons. The van der Waals surface area contributed by atoms with Crippen molar-refractivity contribution in [2.24, 2.45) is 0 Å². The first-order valence-corrected chi connectivity index (χ1v) is 12.4. The topological polar surface area (TPSA) is 84.0 Å². The van der Waals surface area contributed by atoms with Crippen molar-refractivity contribution >= 4 is 23.5 Å². The van der Waals surface area contributed by atoms with Crippen LogP contribution in [0, 0.1) is 6.92 Å². The Labute approximate surface area is 205 Å². The molecule has 0 saturated carbocycles. The van der Waals surface area contributed by atoms with Crippen LogP contribution in [-0.2, 0) is 4.79 Å². The van der Waals surface area contributed by atoms with Gasteiger partial charge in [0.15, 0.2) is 5.78 Å². The molecular weight excluding hydrogens is 444 g/mol. The molecule has 3 heterocycles. The zero-order valence-electron chi connectivity index (χ0n) is 20.0. The summed E-state index contributed by atoms with van der Waals surface area (Å²) in [6, 6.07) is 12.6. The maximum atomic E-state index is 12.7. The van der Waals surface area contributed by atoms with Gasteiger partial charge in [-0.15, -0.1) is 0 Å². The minimum Gasteiger partial charge on any atom is -0.486 e. The van der Waals surface area contributed by atoms with Crippen LogP contribution in [0.1, 0.15) is 81.6 Å². The van der Waals surface area contributed by atoms with E-state index in [0.29, 0.717) is 80.6 Å². The van der Waals surface area contributed by atoms with Crippen molar-refractivity contribution in [3.8, 4) is 5.75 Å². The van der Waals surface area contributed by atoms with Crippen LogP contribution in [-0.4, -0.2) is 58.5 Å². The Morgan fingerprint density at radius 1 is 0.914 bits per heavy atom. The van der Waals surface area contributed by atoms with Gasteiger partial charge in [-0.3, -0.25) is 24.1 Å². The van der Waals surface area contributed by atoms with E-state index in [1.165, 1.54) is 4.90 Å². The van der Waals surface area contributed by atoms with E-state index in [9.17, 15) is 19.2 Å². The average molecular weight is 475 g/mol. The highest BCUT2D eigenvalue weighted by atomic mass is 16.5. The number of benzene rings is 2. The van der Waals surface area contributed by atoms with Crippen molar-refractivity contribution in [3.05, 3.63) is 64.7 Å². The molecule has 0 aliphatic carbocycles. The Morgan fingerprint density at radius 2 is 1.60 bits per heavy atom. The van der Waals surface area contributed by atoms with Gasteiger partial charge >= 0.3 is 0 Å². The number of hydrogen-bond donors (Lipinski definition) is 0. The Hall–Kier alpha value is -3.48. The minimum atomic E-state index is -0.511. The van der Waals surface area contributed by atoms with Crippen molar-refractivity contribution in [3.63, 3.8) is 0 Å². The first-order valence-electron chi connectivity index (χ1n) is 12.4. The Kier molecular flexibility index (Phi) is 6.17. The maximum absolute atomic E-state index is 12.7. The minimum absolute atomic E-state index is 0.110. The normalized spacial score (nSPS) is 18.5. The van der Waals surface area contributed by atoms with Gasteiger partial charge < -0.3 is 9.64 Å². The smallest absolute Gasteiger partial charge is 0.261 e. The van der Waals surface area contributed by atoms with Gasteiger partial charge in [0.2, 0.25) is 5.91 Å². The number of unbranched alkanes of at least 4 members (excludes halogenated alkanes) is 2. The van der Waals surface area contributed by atoms with Gasteiger partial charge in [-0.05, 0) is 44.0 Å². The largest absolute Gasteiger partial charge is 0.486 e. The third-order valence-electron chi connectivity index (χ3n) is 7.42. The maximum Gasteiger partial charge on any atom is 0.261 e. The number of aryl methyl sites for hydroxylation is 1. The van der Waals surface area contributed by atoms with Crippen molar-refractivity contribution in [1.82, 2.24) is 9.80 Å². The van der Waals surface area contributed by atoms with Crippen molar-refractivity contribution in [1.29, 1.82) is 0 Å². The average Bonchev–Trinajstić information content (AvgIpc) is 3.09. The zero-order chi connectivity index (χ0) is 24.6. The van der Waals surface area contributed by atoms with Crippen molar-refractivity contribution in [2.75, 3.05) is 19.6 Å². The molecule has 0 radical (unpaired) electrons. The van der Waals surface area contributed by atoms with E-state index in [4.69, 9.17) is 4.74 Å². The fourth-order valence-electron chi connectivity index (χ4n) is 5.37. The number of piperidine rings is 1. The standard InChI is InChI=1S/C28H30N2O5/c1-19-10-11-24-22(17-19)23(31)18-28(35-24)12-15-29(16-13-28)25(32)9-3-2-6-14-30-26(33)20-7-4-5-8-21(20)27(30)34/h4-5,7-8,10-11,17H,2-3,6,9,12-16,18H2,1H3. The van der Waals surface area contributed by atoms with Gasteiger partial charge in [-0.25, -0.2) is 0 Å². The molecule has 0 N–H and O–H groups in total. The molecule has 3 aliphatic rings. The first kappa shape index (κ1) is 23.3. The summed E-state index contributed by atoms with van der Waals surface area (Å²) in [5, 5.41) is 0. The summed E-state index contributed by atoms with van der Waals surface area (Å²) < 4.78 is 6.30. The summed E-state index contributed by atoms with van der Waals surface area (Å²) in [6.45, 7) is 3.51. The van der Waals surface area contributed by atoms with Gasteiger partial charge in [0.25, 0.3) is 11.8 Å². The second-order valence-electron chi connectivity index (χ2n) is 9.88. The molecule has 35 heavy (non-hydrogen) atoms. The number of carbonyl (C=O) groups excluding carboxylic acids is 4. The molecule has 0 unspecified atom stereocenters. The Balaban J connectivity index is 1.05. The fourth-order valence-corrected chi connectivity index (χ4v) is 5.37. The molecule has 5 rings (SSSR count). The predicted octanol–water partition coefficient (Wildman–Crippen LogP) is 4.18. The summed E-state index contributed by atoms with van der Waals surface area (Å²) in [6.07, 6.45) is 4.27. The number of ether oxygens (including phenoxy) is 1. The summed E-state index contributed by atoms with van der Waals surface area (Å²) in [5.41, 5.74) is 2.13. The van der Waals surface area contributed by atoms with Crippen LogP contribution in [0.5, 0.6) is 5.75 Å². The molecule has 1 saturated heterocycles. The quantitative estimate of drug-likeness (QED) is 0.463. The summed E-state index contributed by atoms with van der Waals surface area (Å²) >= 11 is 0.